The molecule has 0 aromatic heterocycles. The number of hydrogen-bond acceptors (Lipinski definition) is 4. The van der Waals surface area contributed by atoms with Gasteiger partial charge < -0.3 is 21.1 Å². The van der Waals surface area contributed by atoms with Crippen molar-refractivity contribution in [3.63, 3.8) is 0 Å². The van der Waals surface area contributed by atoms with Gasteiger partial charge in [-0.15, -0.1) is 0 Å². The summed E-state index contributed by atoms with van der Waals surface area (Å²) in [5.41, 5.74) is 3.72. The molecule has 0 fully saturated rings. The molecule has 1 atom stereocenters. The van der Waals surface area contributed by atoms with Gasteiger partial charge in [0.15, 0.2) is 11.5 Å². The van der Waals surface area contributed by atoms with Crippen LogP contribution in [-0.2, 0) is 0 Å². The monoisotopic (exact) mass is 273 g/mol. The van der Waals surface area contributed by atoms with Gasteiger partial charge in [-0.05, 0) is 12.1 Å². The maximum Gasteiger partial charge on any atom is 0.455 e. The summed E-state index contributed by atoms with van der Waals surface area (Å²) in [6.07, 6.45) is -5.91. The molecule has 0 spiro atoms. The van der Waals surface area contributed by atoms with Crippen LogP contribution in [0.15, 0.2) is 12.1 Å². The van der Waals surface area contributed by atoms with Crippen LogP contribution in [0.2, 0.25) is 0 Å². The van der Waals surface area contributed by atoms with Crippen molar-refractivity contribution in [2.75, 3.05) is 0 Å². The van der Waals surface area contributed by atoms with Gasteiger partial charge in [0.2, 0.25) is 5.75 Å². The maximum absolute atomic E-state index is 12.9. The van der Waals surface area contributed by atoms with E-state index < -0.39 is 41.0 Å². The molecule has 1 rings (SSSR count). The molecule has 0 bridgehead atoms. The van der Waals surface area contributed by atoms with E-state index in [9.17, 15) is 27.1 Å². The fraction of sp³-hybridized carbons (Fsp3) is 0.333. The van der Waals surface area contributed by atoms with E-state index in [1.807, 2.05) is 0 Å². The lowest BCUT2D eigenvalue weighted by Gasteiger charge is -2.26. The molecule has 0 saturated heterocycles. The van der Waals surface area contributed by atoms with Gasteiger partial charge in [-0.2, -0.15) is 22.0 Å². The largest absolute Gasteiger partial charge is 0.504 e. The molecule has 0 aliphatic carbocycles. The average molecular weight is 273 g/mol. The number of nitrogens with two attached hydrogens (primary N) is 1. The molecule has 102 valence electrons. The van der Waals surface area contributed by atoms with E-state index in [0.717, 1.165) is 0 Å². The molecule has 4 nitrogen and oxygen atoms in total. The number of alkyl halides is 5. The van der Waals surface area contributed by atoms with Gasteiger partial charge in [0.05, 0.1) is 0 Å². The van der Waals surface area contributed by atoms with Crippen molar-refractivity contribution in [2.24, 2.45) is 5.73 Å². The highest BCUT2D eigenvalue weighted by Gasteiger charge is 2.62. The van der Waals surface area contributed by atoms with Crippen LogP contribution in [-0.4, -0.2) is 27.4 Å². The predicted molar refractivity (Wildman–Crippen MR) is 49.4 cm³/mol. The van der Waals surface area contributed by atoms with E-state index in [-0.39, 0.29) is 0 Å². The summed E-state index contributed by atoms with van der Waals surface area (Å²) in [4.78, 5) is 0. The van der Waals surface area contributed by atoms with Crippen molar-refractivity contribution < 1.29 is 37.3 Å². The first kappa shape index (κ1) is 14.3. The Balaban J connectivity index is 3.28. The second-order valence-electron chi connectivity index (χ2n) is 3.47. The second kappa shape index (κ2) is 4.16. The van der Waals surface area contributed by atoms with E-state index in [1.165, 1.54) is 0 Å². The highest BCUT2D eigenvalue weighted by Crippen LogP contribution is 2.48. The van der Waals surface area contributed by atoms with Crippen molar-refractivity contribution in [1.29, 1.82) is 0 Å². The van der Waals surface area contributed by atoms with Crippen LogP contribution in [0.4, 0.5) is 22.0 Å². The average Bonchev–Trinajstić information content (AvgIpc) is 2.24. The molecule has 0 saturated carbocycles. The molecule has 18 heavy (non-hydrogen) atoms. The van der Waals surface area contributed by atoms with Gasteiger partial charge >= 0.3 is 12.1 Å². The lowest BCUT2D eigenvalue weighted by Crippen LogP contribution is -2.45. The van der Waals surface area contributed by atoms with Gasteiger partial charge in [-0.3, -0.25) is 0 Å². The van der Waals surface area contributed by atoms with Gasteiger partial charge in [-0.25, -0.2) is 0 Å². The maximum atomic E-state index is 12.9. The third kappa shape index (κ3) is 2.13. The fourth-order valence-corrected chi connectivity index (χ4v) is 1.21. The number of halogens is 5. The van der Waals surface area contributed by atoms with Crippen molar-refractivity contribution >= 4 is 0 Å². The summed E-state index contributed by atoms with van der Waals surface area (Å²) in [7, 11) is 0. The van der Waals surface area contributed by atoms with Crippen molar-refractivity contribution in [2.45, 2.75) is 18.1 Å². The minimum Gasteiger partial charge on any atom is -0.504 e. The van der Waals surface area contributed by atoms with E-state index in [4.69, 9.17) is 15.9 Å². The lowest BCUT2D eigenvalue weighted by atomic mass is 9.99. The smallest absolute Gasteiger partial charge is 0.455 e. The summed E-state index contributed by atoms with van der Waals surface area (Å²) >= 11 is 0. The van der Waals surface area contributed by atoms with Crippen molar-refractivity contribution in [3.8, 4) is 17.2 Å². The second-order valence-corrected chi connectivity index (χ2v) is 3.47. The van der Waals surface area contributed by atoms with Gasteiger partial charge in [0.25, 0.3) is 0 Å². The number of benzene rings is 1. The summed E-state index contributed by atoms with van der Waals surface area (Å²) < 4.78 is 62.0. The standard InChI is InChI=1S/C9H8F5NO3/c10-8(11,9(12,13)14)7(15)3-1-2-4(16)6(18)5(3)17/h1-2,7,16-18H,15H2/t7-/m1/s1. The Morgan fingerprint density at radius 1 is 0.944 bits per heavy atom. The summed E-state index contributed by atoms with van der Waals surface area (Å²) in [6.45, 7) is 0. The zero-order valence-electron chi connectivity index (χ0n) is 8.54. The van der Waals surface area contributed by atoms with Crippen LogP contribution in [0, 0.1) is 0 Å². The molecule has 1 aromatic carbocycles. The summed E-state index contributed by atoms with van der Waals surface area (Å²) in [5.74, 6) is -8.72. The van der Waals surface area contributed by atoms with Gasteiger partial charge in [0.1, 0.15) is 6.04 Å². The highest BCUT2D eigenvalue weighted by atomic mass is 19.4. The zero-order valence-corrected chi connectivity index (χ0v) is 8.54. The highest BCUT2D eigenvalue weighted by molar-refractivity contribution is 5.54. The summed E-state index contributed by atoms with van der Waals surface area (Å²) in [6, 6.07) is -1.71. The molecular weight excluding hydrogens is 265 g/mol. The first-order chi connectivity index (χ1) is 8.00. The van der Waals surface area contributed by atoms with Crippen LogP contribution < -0.4 is 5.73 Å². The normalized spacial score (nSPS) is 14.6. The fourth-order valence-electron chi connectivity index (χ4n) is 1.21. The van der Waals surface area contributed by atoms with E-state index in [0.29, 0.717) is 12.1 Å². The molecular formula is C9H8F5NO3. The van der Waals surface area contributed by atoms with E-state index in [1.54, 1.807) is 0 Å². The van der Waals surface area contributed by atoms with Crippen molar-refractivity contribution in [1.82, 2.24) is 0 Å². The number of aromatic hydroxyl groups is 3. The van der Waals surface area contributed by atoms with Crippen LogP contribution in [0.3, 0.4) is 0 Å². The molecule has 1 aromatic rings. The van der Waals surface area contributed by atoms with Gasteiger partial charge in [0, 0.05) is 5.56 Å². The molecule has 0 radical (unpaired) electrons. The Morgan fingerprint density at radius 2 is 1.44 bits per heavy atom. The van der Waals surface area contributed by atoms with Crippen LogP contribution in [0.1, 0.15) is 11.6 Å². The Morgan fingerprint density at radius 3 is 1.89 bits per heavy atom. The number of hydrogen-bond donors (Lipinski definition) is 4. The van der Waals surface area contributed by atoms with Crippen LogP contribution in [0.25, 0.3) is 0 Å². The van der Waals surface area contributed by atoms with Crippen molar-refractivity contribution in [3.05, 3.63) is 17.7 Å². The molecule has 9 heteroatoms. The zero-order chi connectivity index (χ0) is 14.3. The molecule has 5 N–H and O–H groups in total. The topological polar surface area (TPSA) is 86.7 Å². The molecule has 0 aliphatic heterocycles. The third-order valence-electron chi connectivity index (χ3n) is 2.26. The Hall–Kier alpha value is -1.77. The lowest BCUT2D eigenvalue weighted by molar-refractivity contribution is -0.291. The molecule has 0 heterocycles. The molecule has 0 amide bonds. The van der Waals surface area contributed by atoms with Crippen LogP contribution >= 0.6 is 0 Å². The Labute approximate surface area is 97.1 Å². The molecule has 0 unspecified atom stereocenters. The predicted octanol–water partition coefficient (Wildman–Crippen LogP) is 2.00. The quantitative estimate of drug-likeness (QED) is 0.490. The summed E-state index contributed by atoms with van der Waals surface area (Å²) in [5, 5.41) is 27.1. The number of phenols is 3. The number of phenolic OH excluding ortho intramolecular Hbond substituents is 3. The SMILES string of the molecule is N[C@H](c1ccc(O)c(O)c1O)C(F)(F)C(F)(F)F. The third-order valence-corrected chi connectivity index (χ3v) is 2.26. The number of rotatable bonds is 2. The molecule has 0 aliphatic rings. The Bertz CT molecular complexity index is 460. The van der Waals surface area contributed by atoms with Gasteiger partial charge in [-0.1, -0.05) is 0 Å². The Kier molecular flexibility index (Phi) is 3.30. The van der Waals surface area contributed by atoms with E-state index in [2.05, 4.69) is 0 Å². The first-order valence-corrected chi connectivity index (χ1v) is 4.44. The minimum atomic E-state index is -5.91. The van der Waals surface area contributed by atoms with Crippen LogP contribution in [0.5, 0.6) is 17.2 Å². The first-order valence-electron chi connectivity index (χ1n) is 4.44. The minimum absolute atomic E-state index is 0.564. The van der Waals surface area contributed by atoms with E-state index >= 15 is 0 Å².